The van der Waals surface area contributed by atoms with Crippen molar-refractivity contribution < 1.29 is 4.74 Å². The number of hydrogen-bond donors (Lipinski definition) is 0. The van der Waals surface area contributed by atoms with E-state index in [4.69, 9.17) is 27.9 Å². The van der Waals surface area contributed by atoms with Gasteiger partial charge >= 0.3 is 0 Å². The van der Waals surface area contributed by atoms with Gasteiger partial charge in [0, 0.05) is 0 Å². The first kappa shape index (κ1) is 10.0. The van der Waals surface area contributed by atoms with Crippen molar-refractivity contribution in [1.29, 1.82) is 0 Å². The van der Waals surface area contributed by atoms with Crippen LogP contribution in [0.25, 0.3) is 0 Å². The van der Waals surface area contributed by atoms with Crippen LogP contribution in [0.3, 0.4) is 0 Å². The summed E-state index contributed by atoms with van der Waals surface area (Å²) in [6.07, 6.45) is 1.93. The Kier molecular flexibility index (Phi) is 3.56. The zero-order valence-electron chi connectivity index (χ0n) is 6.73. The molecule has 1 rings (SSSR count). The molecular formula is C8H8Cl2OS. The Morgan fingerprint density at radius 3 is 2.25 bits per heavy atom. The lowest BCUT2D eigenvalue weighted by Crippen LogP contribution is -1.87. The summed E-state index contributed by atoms with van der Waals surface area (Å²) in [6.45, 7) is 0. The molecule has 0 radical (unpaired) electrons. The summed E-state index contributed by atoms with van der Waals surface area (Å²) in [4.78, 5) is 0.881. The van der Waals surface area contributed by atoms with Gasteiger partial charge in [-0.15, -0.1) is 11.8 Å². The maximum Gasteiger partial charge on any atom is 0.152 e. The number of methoxy groups -OCH3 is 1. The largest absolute Gasteiger partial charge is 0.494 e. The van der Waals surface area contributed by atoms with E-state index in [9.17, 15) is 0 Å². The number of ether oxygens (including phenoxy) is 1. The van der Waals surface area contributed by atoms with E-state index in [0.717, 1.165) is 4.90 Å². The molecule has 4 heteroatoms. The molecule has 66 valence electrons. The Morgan fingerprint density at radius 1 is 1.25 bits per heavy atom. The van der Waals surface area contributed by atoms with Crippen molar-refractivity contribution in [3.63, 3.8) is 0 Å². The van der Waals surface area contributed by atoms with Gasteiger partial charge in [-0.2, -0.15) is 0 Å². The molecule has 12 heavy (non-hydrogen) atoms. The number of thioether (sulfide) groups is 1. The predicted molar refractivity (Wildman–Crippen MR) is 54.8 cm³/mol. The summed E-state index contributed by atoms with van der Waals surface area (Å²) in [5.41, 5.74) is 0. The maximum atomic E-state index is 5.92. The summed E-state index contributed by atoms with van der Waals surface area (Å²) >= 11 is 13.3. The van der Waals surface area contributed by atoms with Crippen LogP contribution >= 0.6 is 35.0 Å². The number of halogens is 2. The second kappa shape index (κ2) is 4.26. The first-order valence-electron chi connectivity index (χ1n) is 3.26. The highest BCUT2D eigenvalue weighted by molar-refractivity contribution is 7.98. The SMILES string of the molecule is COc1c(Cl)ccc(Cl)c1SC. The van der Waals surface area contributed by atoms with Crippen LogP contribution in [-0.2, 0) is 0 Å². The van der Waals surface area contributed by atoms with Crippen LogP contribution in [-0.4, -0.2) is 13.4 Å². The summed E-state index contributed by atoms with van der Waals surface area (Å²) in [7, 11) is 1.58. The highest BCUT2D eigenvalue weighted by atomic mass is 35.5. The highest BCUT2D eigenvalue weighted by Crippen LogP contribution is 2.39. The van der Waals surface area contributed by atoms with Crippen molar-refractivity contribution in [3.8, 4) is 5.75 Å². The van der Waals surface area contributed by atoms with Crippen LogP contribution in [0.5, 0.6) is 5.75 Å². The Balaban J connectivity index is 3.28. The van der Waals surface area contributed by atoms with E-state index in [1.54, 1.807) is 19.2 Å². The molecule has 0 atom stereocenters. The van der Waals surface area contributed by atoms with Gasteiger partial charge in [-0.05, 0) is 18.4 Å². The molecule has 1 aromatic carbocycles. The van der Waals surface area contributed by atoms with E-state index in [2.05, 4.69) is 0 Å². The number of rotatable bonds is 2. The molecule has 0 aliphatic carbocycles. The van der Waals surface area contributed by atoms with Crippen molar-refractivity contribution in [3.05, 3.63) is 22.2 Å². The molecule has 1 nitrogen and oxygen atoms in total. The van der Waals surface area contributed by atoms with Crippen LogP contribution in [0.1, 0.15) is 0 Å². The van der Waals surface area contributed by atoms with Gasteiger partial charge in [-0.3, -0.25) is 0 Å². The lowest BCUT2D eigenvalue weighted by molar-refractivity contribution is 0.405. The summed E-state index contributed by atoms with van der Waals surface area (Å²) < 4.78 is 5.11. The lowest BCUT2D eigenvalue weighted by Gasteiger charge is -2.08. The van der Waals surface area contributed by atoms with Gasteiger partial charge in [-0.1, -0.05) is 23.2 Å². The monoisotopic (exact) mass is 222 g/mol. The van der Waals surface area contributed by atoms with Crippen LogP contribution in [0.15, 0.2) is 17.0 Å². The Labute approximate surface area is 86.0 Å². The van der Waals surface area contributed by atoms with Crippen LogP contribution in [0.2, 0.25) is 10.0 Å². The molecule has 0 unspecified atom stereocenters. The number of benzene rings is 1. The summed E-state index contributed by atoms with van der Waals surface area (Å²) in [5.74, 6) is 0.650. The molecular weight excluding hydrogens is 215 g/mol. The predicted octanol–water partition coefficient (Wildman–Crippen LogP) is 3.72. The fourth-order valence-electron chi connectivity index (χ4n) is 0.895. The Hall–Kier alpha value is -0.0500. The van der Waals surface area contributed by atoms with E-state index >= 15 is 0 Å². The second-order valence-electron chi connectivity index (χ2n) is 2.10. The van der Waals surface area contributed by atoms with Gasteiger partial charge in [-0.25, -0.2) is 0 Å². The molecule has 0 aliphatic heterocycles. The van der Waals surface area contributed by atoms with Crippen molar-refractivity contribution in [1.82, 2.24) is 0 Å². The summed E-state index contributed by atoms with van der Waals surface area (Å²) in [6, 6.07) is 3.49. The average Bonchev–Trinajstić information content (AvgIpc) is 2.08. The zero-order chi connectivity index (χ0) is 9.14. The van der Waals surface area contributed by atoms with Gasteiger partial charge in [0.15, 0.2) is 5.75 Å². The molecule has 0 aromatic heterocycles. The van der Waals surface area contributed by atoms with E-state index in [1.165, 1.54) is 11.8 Å². The standard InChI is InChI=1S/C8H8Cl2OS/c1-11-7-5(9)3-4-6(10)8(7)12-2/h3-4H,1-2H3. The van der Waals surface area contributed by atoms with Gasteiger partial charge in [0.2, 0.25) is 0 Å². The Bertz CT molecular complexity index is 260. The van der Waals surface area contributed by atoms with E-state index < -0.39 is 0 Å². The normalized spacial score (nSPS) is 10.0. The first-order valence-corrected chi connectivity index (χ1v) is 5.24. The summed E-state index contributed by atoms with van der Waals surface area (Å²) in [5, 5.41) is 1.26. The third kappa shape index (κ3) is 1.82. The molecule has 0 aliphatic rings. The molecule has 0 bridgehead atoms. The second-order valence-corrected chi connectivity index (χ2v) is 3.73. The van der Waals surface area contributed by atoms with Gasteiger partial charge < -0.3 is 4.74 Å². The minimum absolute atomic E-state index is 0.589. The molecule has 0 saturated carbocycles. The van der Waals surface area contributed by atoms with Crippen molar-refractivity contribution in [2.24, 2.45) is 0 Å². The quantitative estimate of drug-likeness (QED) is 0.706. The zero-order valence-corrected chi connectivity index (χ0v) is 9.06. The van der Waals surface area contributed by atoms with Crippen molar-refractivity contribution >= 4 is 35.0 Å². The van der Waals surface area contributed by atoms with E-state index in [1.807, 2.05) is 6.26 Å². The van der Waals surface area contributed by atoms with Crippen molar-refractivity contribution in [2.75, 3.05) is 13.4 Å². The third-order valence-corrected chi connectivity index (χ3v) is 2.96. The maximum absolute atomic E-state index is 5.92. The lowest BCUT2D eigenvalue weighted by atomic mass is 10.3. The molecule has 1 aromatic rings. The van der Waals surface area contributed by atoms with Gasteiger partial charge in [0.25, 0.3) is 0 Å². The smallest absolute Gasteiger partial charge is 0.152 e. The number of hydrogen-bond acceptors (Lipinski definition) is 2. The molecule has 0 heterocycles. The van der Waals surface area contributed by atoms with Crippen molar-refractivity contribution in [2.45, 2.75) is 4.90 Å². The van der Waals surface area contributed by atoms with Crippen LogP contribution in [0, 0.1) is 0 Å². The van der Waals surface area contributed by atoms with E-state index in [-0.39, 0.29) is 0 Å². The van der Waals surface area contributed by atoms with Gasteiger partial charge in [0.05, 0.1) is 22.1 Å². The minimum Gasteiger partial charge on any atom is -0.494 e. The topological polar surface area (TPSA) is 9.23 Å². The minimum atomic E-state index is 0.589. The molecule has 0 saturated heterocycles. The Morgan fingerprint density at radius 2 is 1.83 bits per heavy atom. The average molecular weight is 223 g/mol. The first-order chi connectivity index (χ1) is 5.70. The van der Waals surface area contributed by atoms with Gasteiger partial charge in [0.1, 0.15) is 0 Å². The molecule has 0 spiro atoms. The fourth-order valence-corrected chi connectivity index (χ4v) is 2.21. The molecule has 0 fully saturated rings. The molecule has 0 amide bonds. The highest BCUT2D eigenvalue weighted by Gasteiger charge is 2.10. The third-order valence-electron chi connectivity index (χ3n) is 1.42. The van der Waals surface area contributed by atoms with E-state index in [0.29, 0.717) is 15.8 Å². The van der Waals surface area contributed by atoms with Crippen LogP contribution < -0.4 is 4.74 Å². The van der Waals surface area contributed by atoms with Crippen LogP contribution in [0.4, 0.5) is 0 Å². The molecule has 0 N–H and O–H groups in total. The fraction of sp³-hybridized carbons (Fsp3) is 0.250.